The van der Waals surface area contributed by atoms with Crippen LogP contribution in [-0.4, -0.2) is 165 Å². The number of phenols is 4. The zero-order valence-corrected chi connectivity index (χ0v) is 27.1. The van der Waals surface area contributed by atoms with Crippen molar-refractivity contribution in [2.45, 2.75) is 105 Å². The van der Waals surface area contributed by atoms with Gasteiger partial charge in [0.1, 0.15) is 77.9 Å². The minimum absolute atomic E-state index is 0.0251. The Morgan fingerprint density at radius 3 is 1.92 bits per heavy atom. The highest BCUT2D eigenvalue weighted by molar-refractivity contribution is 5.69. The third kappa shape index (κ3) is 7.19. The molecule has 20 heteroatoms. The Kier molecular flexibility index (Phi) is 11.0. The molecule has 2 aromatic carbocycles. The van der Waals surface area contributed by atoms with E-state index in [1.807, 2.05) is 0 Å². The summed E-state index contributed by atoms with van der Waals surface area (Å²) in [4.78, 5) is 0. The maximum absolute atomic E-state index is 11.4. The van der Waals surface area contributed by atoms with Crippen LogP contribution in [0.5, 0.6) is 28.7 Å². The summed E-state index contributed by atoms with van der Waals surface area (Å²) in [6, 6.07) is 5.75. The normalized spacial score (nSPS) is 40.7. The quantitative estimate of drug-likeness (QED) is 0.116. The van der Waals surface area contributed by atoms with Crippen molar-refractivity contribution < 1.29 is 99.5 Å². The number of ether oxygens (including phenoxy) is 7. The SMILES string of the molecule is CC1OC(OC2OC(OC3=Cc4c(O)cc(O)cc4OC3c3ccc(O)c(O)c3)C(OC3OC(CO)C(O)C(O)C3O)C(O)C2O)C(O)C(O)C1O. The molecule has 0 spiro atoms. The smallest absolute Gasteiger partial charge is 0.231 e. The van der Waals surface area contributed by atoms with Gasteiger partial charge in [-0.25, -0.2) is 0 Å². The minimum Gasteiger partial charge on any atom is -0.508 e. The molecule has 0 aliphatic carbocycles. The Morgan fingerprint density at radius 2 is 1.25 bits per heavy atom. The lowest BCUT2D eigenvalue weighted by atomic mass is 9.98. The van der Waals surface area contributed by atoms with E-state index in [0.717, 1.165) is 18.2 Å². The Labute approximate surface area is 293 Å². The molecular weight excluding hydrogens is 704 g/mol. The predicted molar refractivity (Wildman–Crippen MR) is 165 cm³/mol. The van der Waals surface area contributed by atoms with Crippen molar-refractivity contribution in [3.8, 4) is 28.7 Å². The van der Waals surface area contributed by atoms with Gasteiger partial charge in [-0.15, -0.1) is 0 Å². The van der Waals surface area contributed by atoms with E-state index in [0.29, 0.717) is 0 Å². The van der Waals surface area contributed by atoms with Gasteiger partial charge in [-0.1, -0.05) is 6.07 Å². The zero-order chi connectivity index (χ0) is 37.8. The number of fused-ring (bicyclic) bond motifs is 1. The van der Waals surface area contributed by atoms with Crippen molar-refractivity contribution in [3.63, 3.8) is 0 Å². The summed E-state index contributed by atoms with van der Waals surface area (Å²) in [5.41, 5.74) is 0.105. The lowest BCUT2D eigenvalue weighted by molar-refractivity contribution is -0.411. The highest BCUT2D eigenvalue weighted by atomic mass is 16.8. The number of hydrogen-bond acceptors (Lipinski definition) is 20. The molecule has 3 fully saturated rings. The van der Waals surface area contributed by atoms with Gasteiger partial charge in [-0.2, -0.15) is 0 Å². The first-order chi connectivity index (χ1) is 24.6. The topological polar surface area (TPSA) is 328 Å². The third-order valence-corrected chi connectivity index (χ3v) is 9.17. The van der Waals surface area contributed by atoms with Gasteiger partial charge in [0.25, 0.3) is 0 Å². The lowest BCUT2D eigenvalue weighted by Crippen LogP contribution is -2.65. The monoisotopic (exact) mass is 744 g/mol. The van der Waals surface area contributed by atoms with Crippen LogP contribution in [0, 0.1) is 0 Å². The second-order valence-corrected chi connectivity index (χ2v) is 12.8. The number of aromatic hydroxyl groups is 4. The Balaban J connectivity index is 1.37. The van der Waals surface area contributed by atoms with Crippen molar-refractivity contribution in [2.75, 3.05) is 6.61 Å². The fourth-order valence-corrected chi connectivity index (χ4v) is 6.16. The van der Waals surface area contributed by atoms with Gasteiger partial charge in [-0.3, -0.25) is 0 Å². The van der Waals surface area contributed by atoms with E-state index in [1.165, 1.54) is 25.1 Å². The van der Waals surface area contributed by atoms with Gasteiger partial charge in [0.15, 0.2) is 42.6 Å². The molecule has 3 saturated heterocycles. The first kappa shape index (κ1) is 38.2. The molecule has 0 radical (unpaired) electrons. The van der Waals surface area contributed by atoms with Crippen LogP contribution in [0.2, 0.25) is 0 Å². The van der Waals surface area contributed by atoms with E-state index in [4.69, 9.17) is 33.2 Å². The standard InChI is InChI=1S/C32H40O20/c1-9-19(38)21(40)24(43)29(46-9)51-31-26(45)23(42)28(50-30-25(44)22(41)20(39)18(8-33)49-30)32(52-31)48-17-7-12-14(36)5-11(34)6-16(12)47-27(17)10-2-3-13(35)15(37)4-10/h2-7,9,18-45H,8H2,1H3. The number of rotatable bonds is 8. The molecule has 2 aromatic rings. The number of phenolic OH excluding ortho intramolecular Hbond substituents is 4. The van der Waals surface area contributed by atoms with Gasteiger partial charge >= 0.3 is 0 Å². The maximum atomic E-state index is 11.4. The highest BCUT2D eigenvalue weighted by Crippen LogP contribution is 2.46. The van der Waals surface area contributed by atoms with Gasteiger partial charge in [-0.05, 0) is 25.1 Å². The molecule has 20 nitrogen and oxygen atoms in total. The van der Waals surface area contributed by atoms with Crippen molar-refractivity contribution in [3.05, 3.63) is 47.2 Å². The Hall–Kier alpha value is -3.58. The van der Waals surface area contributed by atoms with Crippen molar-refractivity contribution in [1.82, 2.24) is 0 Å². The summed E-state index contributed by atoms with van der Waals surface area (Å²) in [6.07, 6.45) is -27.1. The molecule has 6 rings (SSSR count). The first-order valence-electron chi connectivity index (χ1n) is 16.0. The Bertz CT molecular complexity index is 1600. The third-order valence-electron chi connectivity index (χ3n) is 9.17. The van der Waals surface area contributed by atoms with Crippen LogP contribution >= 0.6 is 0 Å². The van der Waals surface area contributed by atoms with E-state index >= 15 is 0 Å². The predicted octanol–water partition coefficient (Wildman–Crippen LogP) is -3.57. The molecule has 13 N–H and O–H groups in total. The second-order valence-electron chi connectivity index (χ2n) is 12.8. The van der Waals surface area contributed by atoms with Gasteiger partial charge < -0.3 is 99.5 Å². The van der Waals surface area contributed by atoms with Crippen LogP contribution in [0.1, 0.15) is 24.2 Å². The van der Waals surface area contributed by atoms with Crippen LogP contribution in [0.15, 0.2) is 36.1 Å². The van der Waals surface area contributed by atoms with Crippen LogP contribution in [0.25, 0.3) is 6.08 Å². The van der Waals surface area contributed by atoms with Gasteiger partial charge in [0, 0.05) is 17.7 Å². The molecule has 288 valence electrons. The fourth-order valence-electron chi connectivity index (χ4n) is 6.16. The lowest BCUT2D eigenvalue weighted by Gasteiger charge is -2.47. The molecule has 4 aliphatic rings. The van der Waals surface area contributed by atoms with Crippen molar-refractivity contribution >= 4 is 6.08 Å². The highest BCUT2D eigenvalue weighted by Gasteiger charge is 2.54. The second kappa shape index (κ2) is 15.0. The molecule has 0 aromatic heterocycles. The maximum Gasteiger partial charge on any atom is 0.231 e. The molecule has 16 atom stereocenters. The average molecular weight is 745 g/mol. The first-order valence-corrected chi connectivity index (χ1v) is 16.0. The van der Waals surface area contributed by atoms with E-state index in [-0.39, 0.29) is 28.4 Å². The molecule has 16 unspecified atom stereocenters. The molecular formula is C32H40O20. The number of aliphatic hydroxyl groups is 9. The van der Waals surface area contributed by atoms with E-state index < -0.39 is 122 Å². The van der Waals surface area contributed by atoms with Crippen LogP contribution in [0.4, 0.5) is 0 Å². The van der Waals surface area contributed by atoms with E-state index in [1.54, 1.807) is 0 Å². The largest absolute Gasteiger partial charge is 0.508 e. The number of aliphatic hydroxyl groups excluding tert-OH is 9. The molecule has 4 aliphatic heterocycles. The summed E-state index contributed by atoms with van der Waals surface area (Å²) in [6.45, 7) is 0.530. The van der Waals surface area contributed by atoms with Gasteiger partial charge in [0.05, 0.1) is 18.3 Å². The molecule has 0 bridgehead atoms. The molecule has 0 amide bonds. The number of hydrogen-bond donors (Lipinski definition) is 13. The fraction of sp³-hybridized carbons (Fsp3) is 0.562. The Morgan fingerprint density at radius 1 is 0.615 bits per heavy atom. The summed E-state index contributed by atoms with van der Waals surface area (Å²) in [5, 5.41) is 135. The van der Waals surface area contributed by atoms with E-state index in [2.05, 4.69) is 0 Å². The molecule has 4 heterocycles. The van der Waals surface area contributed by atoms with Crippen LogP contribution in [-0.2, 0) is 28.4 Å². The summed E-state index contributed by atoms with van der Waals surface area (Å²) < 4.78 is 40.3. The van der Waals surface area contributed by atoms with Crippen molar-refractivity contribution in [1.29, 1.82) is 0 Å². The number of benzene rings is 2. The zero-order valence-electron chi connectivity index (χ0n) is 27.1. The van der Waals surface area contributed by atoms with Crippen molar-refractivity contribution in [2.24, 2.45) is 0 Å². The minimum atomic E-state index is -2.09. The van der Waals surface area contributed by atoms with Gasteiger partial charge in [0.2, 0.25) is 6.29 Å². The van der Waals surface area contributed by atoms with Crippen LogP contribution in [0.3, 0.4) is 0 Å². The molecule has 52 heavy (non-hydrogen) atoms. The molecule has 0 saturated carbocycles. The van der Waals surface area contributed by atoms with Crippen LogP contribution < -0.4 is 4.74 Å². The summed E-state index contributed by atoms with van der Waals surface area (Å²) in [5.74, 6) is -2.22. The van der Waals surface area contributed by atoms with E-state index in [9.17, 15) is 66.4 Å². The average Bonchev–Trinajstić information content (AvgIpc) is 3.11. The summed E-state index contributed by atoms with van der Waals surface area (Å²) >= 11 is 0. The summed E-state index contributed by atoms with van der Waals surface area (Å²) in [7, 11) is 0.